The largest absolute Gasteiger partial charge is 2.00 e. The minimum absolute atomic E-state index is 0. The van der Waals surface area contributed by atoms with Crippen LogP contribution in [0.15, 0.2) is 53.6 Å². The zero-order valence-corrected chi connectivity index (χ0v) is 14.2. The van der Waals surface area contributed by atoms with Crippen molar-refractivity contribution in [2.24, 2.45) is 5.10 Å². The Morgan fingerprint density at radius 1 is 1.23 bits per heavy atom. The zero-order chi connectivity index (χ0) is 15.1. The van der Waals surface area contributed by atoms with Crippen LogP contribution in [0.25, 0.3) is 5.43 Å². The summed E-state index contributed by atoms with van der Waals surface area (Å²) in [7, 11) is 1.53. The Morgan fingerprint density at radius 2 is 1.95 bits per heavy atom. The number of nitrogens with zero attached hydrogens (tertiary/aromatic N) is 2. The van der Waals surface area contributed by atoms with Crippen LogP contribution in [0.5, 0.6) is 11.5 Å². The third kappa shape index (κ3) is 5.12. The third-order valence-corrected chi connectivity index (χ3v) is 2.86. The first-order valence-corrected chi connectivity index (χ1v) is 6.66. The van der Waals surface area contributed by atoms with E-state index >= 15 is 0 Å². The molecule has 0 radical (unpaired) electrons. The van der Waals surface area contributed by atoms with Gasteiger partial charge in [-0.05, 0) is 24.3 Å². The van der Waals surface area contributed by atoms with Crippen molar-refractivity contribution >= 4 is 29.2 Å². The summed E-state index contributed by atoms with van der Waals surface area (Å²) in [6.45, 7) is 0. The number of methoxy groups -OCH3 is 1. The van der Waals surface area contributed by atoms with Crippen molar-refractivity contribution in [3.8, 4) is 11.5 Å². The first kappa shape index (κ1) is 18.1. The van der Waals surface area contributed by atoms with Crippen molar-refractivity contribution in [2.45, 2.75) is 0 Å². The molecule has 2 aromatic rings. The summed E-state index contributed by atoms with van der Waals surface area (Å²) < 4.78 is 5.08. The second-order valence-electron chi connectivity index (χ2n) is 4.08. The zero-order valence-electron chi connectivity index (χ0n) is 11.8. The summed E-state index contributed by atoms with van der Waals surface area (Å²) in [6, 6.07) is 14.9. The van der Waals surface area contributed by atoms with Gasteiger partial charge in [0, 0.05) is 11.9 Å². The van der Waals surface area contributed by atoms with E-state index in [0.29, 0.717) is 16.4 Å². The molecule has 2 rings (SSSR count). The molecule has 0 aliphatic heterocycles. The first-order valence-electron chi connectivity index (χ1n) is 6.21. The molecule has 116 valence electrons. The van der Waals surface area contributed by atoms with Crippen LogP contribution >= 0.6 is 0 Å². The van der Waals surface area contributed by atoms with Crippen LogP contribution in [-0.4, -0.2) is 23.5 Å². The van der Waals surface area contributed by atoms with E-state index in [0.717, 1.165) is 5.69 Å². The Morgan fingerprint density at radius 3 is 2.64 bits per heavy atom. The molecule has 0 unspecified atom stereocenters. The molecule has 3 N–H and O–H groups in total. The molecule has 0 heterocycles. The third-order valence-electron chi connectivity index (χ3n) is 2.66. The van der Waals surface area contributed by atoms with Crippen molar-refractivity contribution in [3.05, 3.63) is 59.5 Å². The average Bonchev–Trinajstić information content (AvgIpc) is 2.50. The average molecular weight is 409 g/mol. The molecule has 0 spiro atoms. The summed E-state index contributed by atoms with van der Waals surface area (Å²) in [5.41, 5.74) is 5.43. The Hall–Kier alpha value is -1.94. The summed E-state index contributed by atoms with van der Waals surface area (Å²) in [5.74, 6) is 0.770. The molecule has 0 saturated heterocycles. The van der Waals surface area contributed by atoms with Gasteiger partial charge in [-0.25, -0.2) is 0 Å². The summed E-state index contributed by atoms with van der Waals surface area (Å²) >= 11 is 4.21. The van der Waals surface area contributed by atoms with Gasteiger partial charge in [0.1, 0.15) is 0 Å². The number of nitrogens with one attached hydrogen (secondary N) is 1. The van der Waals surface area contributed by atoms with Crippen LogP contribution in [0, 0.1) is 0 Å². The van der Waals surface area contributed by atoms with Gasteiger partial charge < -0.3 is 25.7 Å². The van der Waals surface area contributed by atoms with Crippen LogP contribution < -0.4 is 10.1 Å². The molecule has 0 fully saturated rings. The smallest absolute Gasteiger partial charge is 0.590 e. The van der Waals surface area contributed by atoms with Crippen LogP contribution in [0.2, 0.25) is 0 Å². The maximum absolute atomic E-state index is 7.91. The predicted octanol–water partition coefficient (Wildman–Crippen LogP) is 2.32. The second-order valence-corrected chi connectivity index (χ2v) is 4.51. The normalized spacial score (nSPS) is 9.86. The van der Waals surface area contributed by atoms with Crippen molar-refractivity contribution < 1.29 is 30.3 Å². The summed E-state index contributed by atoms with van der Waals surface area (Å²) in [6.07, 6.45) is 1.49. The summed E-state index contributed by atoms with van der Waals surface area (Å²) in [4.78, 5) is 0. The molecule has 0 amide bonds. The Kier molecular flexibility index (Phi) is 7.54. The molecule has 0 bridgehead atoms. The summed E-state index contributed by atoms with van der Waals surface area (Å²) in [5, 5.41) is 15.2. The quantitative estimate of drug-likeness (QED) is 0.211. The van der Waals surface area contributed by atoms with Gasteiger partial charge in [-0.1, -0.05) is 24.3 Å². The van der Waals surface area contributed by atoms with Crippen molar-refractivity contribution in [1.29, 1.82) is 0 Å². The van der Waals surface area contributed by atoms with E-state index in [2.05, 4.69) is 28.1 Å². The molecule has 7 heteroatoms. The van der Waals surface area contributed by atoms with Gasteiger partial charge in [-0.15, -0.1) is 0 Å². The molecular formula is C15H16N3O2PdS+3. The van der Waals surface area contributed by atoms with Crippen molar-refractivity contribution in [3.63, 3.8) is 0 Å². The van der Waals surface area contributed by atoms with Crippen LogP contribution in [0.4, 0.5) is 5.69 Å². The number of thiol groups is 1. The van der Waals surface area contributed by atoms with Gasteiger partial charge in [0.15, 0.2) is 12.2 Å². The van der Waals surface area contributed by atoms with E-state index < -0.39 is 0 Å². The standard InChI is InChI=1S/C15H15N3O2S.Pd/c1-20-13-9-5-6-11(14(13)19)10-16-18-15(21)17-12-7-3-2-4-8-12;/h2-10H,1H3,(H3,16,17,18,19,21);/q;+2/p+1. The minimum Gasteiger partial charge on any atom is -0.590 e. The molecule has 2 aromatic carbocycles. The van der Waals surface area contributed by atoms with Crippen LogP contribution in [-0.2, 0) is 32.6 Å². The van der Waals surface area contributed by atoms with E-state index in [1.54, 1.807) is 18.2 Å². The monoisotopic (exact) mass is 408 g/mol. The Bertz CT molecular complexity index is 650. The topological polar surface area (TPSA) is 70.6 Å². The van der Waals surface area contributed by atoms with Gasteiger partial charge in [-0.2, -0.15) is 0 Å². The van der Waals surface area contributed by atoms with Gasteiger partial charge in [0.25, 0.3) is 0 Å². The molecule has 0 aromatic heterocycles. The fourth-order valence-electron chi connectivity index (χ4n) is 1.65. The van der Waals surface area contributed by atoms with Gasteiger partial charge in [0.05, 0.1) is 12.7 Å². The van der Waals surface area contributed by atoms with Gasteiger partial charge in [0.2, 0.25) is 10.9 Å². The molecule has 5 nitrogen and oxygen atoms in total. The number of hydrogen-bond donors (Lipinski definition) is 1. The van der Waals surface area contributed by atoms with Gasteiger partial charge >= 0.3 is 26.2 Å². The fourth-order valence-corrected chi connectivity index (χ4v) is 1.83. The van der Waals surface area contributed by atoms with Crippen LogP contribution in [0.3, 0.4) is 0 Å². The Labute approximate surface area is 148 Å². The number of rotatable bonds is 4. The molecule has 22 heavy (non-hydrogen) atoms. The molecule has 0 saturated carbocycles. The number of ether oxygens (including phenoxy) is 1. The molecular weight excluding hydrogens is 393 g/mol. The van der Waals surface area contributed by atoms with Crippen LogP contribution in [0.1, 0.15) is 5.56 Å². The maximum atomic E-state index is 7.91. The van der Waals surface area contributed by atoms with E-state index in [4.69, 9.17) is 9.84 Å². The number of benzene rings is 2. The van der Waals surface area contributed by atoms with Gasteiger partial charge in [-0.3, -0.25) is 0 Å². The number of anilines is 1. The second kappa shape index (κ2) is 9.16. The van der Waals surface area contributed by atoms with E-state index in [-0.39, 0.29) is 26.2 Å². The van der Waals surface area contributed by atoms with E-state index in [9.17, 15) is 0 Å². The van der Waals surface area contributed by atoms with Crippen molar-refractivity contribution in [2.75, 3.05) is 12.4 Å². The maximum Gasteiger partial charge on any atom is 2.00 e. The number of hydrogen-bond acceptors (Lipinski definition) is 2. The molecule has 0 aliphatic carbocycles. The molecule has 0 aliphatic rings. The van der Waals surface area contributed by atoms with E-state index in [1.807, 2.05) is 30.3 Å². The molecule has 0 atom stereocenters. The Balaban J connectivity index is 0.00000242. The van der Waals surface area contributed by atoms with Crippen molar-refractivity contribution in [1.82, 2.24) is 0 Å². The SMILES string of the molecule is COc1cccc(C=N[N-]C(=[SH+])Nc2ccccc2)c1[OH2+].[Pd+2]. The minimum atomic E-state index is 0. The first-order chi connectivity index (χ1) is 10.2. The predicted molar refractivity (Wildman–Crippen MR) is 90.8 cm³/mol. The number of para-hydroxylation sites is 2. The fraction of sp³-hybridized carbons (Fsp3) is 0.0667. The van der Waals surface area contributed by atoms with E-state index in [1.165, 1.54) is 13.3 Å².